The van der Waals surface area contributed by atoms with Gasteiger partial charge >= 0.3 is 0 Å². The lowest BCUT2D eigenvalue weighted by molar-refractivity contribution is 0.0951. The third-order valence-electron chi connectivity index (χ3n) is 5.11. The third-order valence-corrected chi connectivity index (χ3v) is 5.11. The minimum Gasteiger partial charge on any atom is -0.372 e. The molecule has 1 aliphatic heterocycles. The van der Waals surface area contributed by atoms with Crippen molar-refractivity contribution in [1.82, 2.24) is 25.5 Å². The van der Waals surface area contributed by atoms with Crippen molar-refractivity contribution >= 4 is 11.6 Å². The van der Waals surface area contributed by atoms with E-state index in [1.54, 1.807) is 16.8 Å². The predicted molar refractivity (Wildman–Crippen MR) is 108 cm³/mol. The molecule has 1 fully saturated rings. The number of benzene rings is 2. The van der Waals surface area contributed by atoms with Crippen LogP contribution >= 0.6 is 0 Å². The summed E-state index contributed by atoms with van der Waals surface area (Å²) in [6.07, 6.45) is 3.87. The zero-order valence-electron chi connectivity index (χ0n) is 16.0. The summed E-state index contributed by atoms with van der Waals surface area (Å²) < 4.78 is 1.63. The topological polar surface area (TPSA) is 75.9 Å². The van der Waals surface area contributed by atoms with Crippen molar-refractivity contribution in [3.8, 4) is 5.69 Å². The smallest absolute Gasteiger partial charge is 0.251 e. The Morgan fingerprint density at radius 3 is 2.29 bits per heavy atom. The van der Waals surface area contributed by atoms with E-state index in [9.17, 15) is 4.79 Å². The fraction of sp³-hybridized carbons (Fsp3) is 0.333. The van der Waals surface area contributed by atoms with Crippen molar-refractivity contribution in [3.05, 3.63) is 65.5 Å². The molecule has 4 rings (SSSR count). The summed E-state index contributed by atoms with van der Waals surface area (Å²) >= 11 is 0. The number of nitrogens with zero attached hydrogens (tertiary/aromatic N) is 5. The second-order valence-electron chi connectivity index (χ2n) is 7.08. The number of aryl methyl sites for hydroxylation is 1. The lowest BCUT2D eigenvalue weighted by atomic mass is 10.1. The van der Waals surface area contributed by atoms with Gasteiger partial charge < -0.3 is 10.2 Å². The molecule has 0 atom stereocenters. The van der Waals surface area contributed by atoms with E-state index in [-0.39, 0.29) is 5.91 Å². The summed E-state index contributed by atoms with van der Waals surface area (Å²) in [7, 11) is 0. The maximum atomic E-state index is 12.4. The first-order valence-corrected chi connectivity index (χ1v) is 9.68. The van der Waals surface area contributed by atoms with Gasteiger partial charge in [0.25, 0.3) is 5.91 Å². The molecule has 2 aromatic carbocycles. The third kappa shape index (κ3) is 4.03. The Morgan fingerprint density at radius 1 is 0.964 bits per heavy atom. The highest BCUT2D eigenvalue weighted by Crippen LogP contribution is 2.20. The molecule has 0 aliphatic carbocycles. The van der Waals surface area contributed by atoms with Gasteiger partial charge in [0.1, 0.15) is 0 Å². The first-order valence-electron chi connectivity index (χ1n) is 9.68. The lowest BCUT2D eigenvalue weighted by Gasteiger charge is -2.28. The number of rotatable bonds is 5. The van der Waals surface area contributed by atoms with Crippen LogP contribution < -0.4 is 10.2 Å². The predicted octanol–water partition coefficient (Wildman–Crippen LogP) is 2.89. The Kier molecular flexibility index (Phi) is 5.32. The van der Waals surface area contributed by atoms with Crippen molar-refractivity contribution < 1.29 is 4.79 Å². The van der Waals surface area contributed by atoms with Gasteiger partial charge in [-0.1, -0.05) is 12.1 Å². The zero-order chi connectivity index (χ0) is 19.3. The van der Waals surface area contributed by atoms with Gasteiger partial charge in [-0.05, 0) is 78.6 Å². The molecule has 1 amide bonds. The lowest BCUT2D eigenvalue weighted by Crippen LogP contribution is -2.29. The second-order valence-corrected chi connectivity index (χ2v) is 7.08. The van der Waals surface area contributed by atoms with Crippen LogP contribution in [0.2, 0.25) is 0 Å². The van der Waals surface area contributed by atoms with Gasteiger partial charge in [-0.25, -0.2) is 0 Å². The molecular weight excluding hydrogens is 352 g/mol. The summed E-state index contributed by atoms with van der Waals surface area (Å²) in [5, 5.41) is 14.4. The number of aromatic nitrogens is 4. The minimum absolute atomic E-state index is 0.0971. The van der Waals surface area contributed by atoms with Gasteiger partial charge in [-0.3, -0.25) is 4.79 Å². The number of tetrazole rings is 1. The number of hydrogen-bond acceptors (Lipinski definition) is 5. The van der Waals surface area contributed by atoms with Gasteiger partial charge in [-0.2, -0.15) is 4.68 Å². The van der Waals surface area contributed by atoms with Gasteiger partial charge in [0.15, 0.2) is 5.82 Å². The van der Waals surface area contributed by atoms with Gasteiger partial charge in [0, 0.05) is 30.9 Å². The number of amides is 1. The fourth-order valence-electron chi connectivity index (χ4n) is 3.49. The molecule has 0 spiro atoms. The van der Waals surface area contributed by atoms with Crippen LogP contribution in [0.25, 0.3) is 5.69 Å². The molecule has 0 radical (unpaired) electrons. The Labute approximate surface area is 164 Å². The Morgan fingerprint density at radius 2 is 1.64 bits per heavy atom. The van der Waals surface area contributed by atoms with Crippen LogP contribution in [0.5, 0.6) is 0 Å². The van der Waals surface area contributed by atoms with E-state index in [1.165, 1.54) is 24.9 Å². The molecule has 0 unspecified atom stereocenters. The number of nitrogens with one attached hydrogen (secondary N) is 1. The van der Waals surface area contributed by atoms with Crippen LogP contribution in [0.15, 0.2) is 48.5 Å². The molecule has 0 bridgehead atoms. The van der Waals surface area contributed by atoms with Crippen molar-refractivity contribution in [1.29, 1.82) is 0 Å². The van der Waals surface area contributed by atoms with Gasteiger partial charge in [-0.15, -0.1) is 5.10 Å². The van der Waals surface area contributed by atoms with Crippen molar-refractivity contribution in [2.75, 3.05) is 18.0 Å². The molecule has 1 aliphatic rings. The SMILES string of the molecule is Cc1nnnn1-c1ccc(C(=O)NCc2ccc(N3CCCCC3)cc2)cc1. The first kappa shape index (κ1) is 18.2. The van der Waals surface area contributed by atoms with E-state index < -0.39 is 0 Å². The summed E-state index contributed by atoms with van der Waals surface area (Å²) in [6, 6.07) is 15.7. The molecule has 0 saturated carbocycles. The maximum Gasteiger partial charge on any atom is 0.251 e. The number of hydrogen-bond donors (Lipinski definition) is 1. The molecule has 7 heteroatoms. The summed E-state index contributed by atoms with van der Waals surface area (Å²) in [4.78, 5) is 14.9. The molecule has 1 aromatic heterocycles. The van der Waals surface area contributed by atoms with Crippen LogP contribution in [-0.4, -0.2) is 39.2 Å². The average Bonchev–Trinajstić information content (AvgIpc) is 3.19. The molecule has 7 nitrogen and oxygen atoms in total. The van der Waals surface area contributed by atoms with Crippen LogP contribution in [0.1, 0.15) is 41.0 Å². The highest BCUT2D eigenvalue weighted by atomic mass is 16.1. The van der Waals surface area contributed by atoms with E-state index >= 15 is 0 Å². The molecule has 1 N–H and O–H groups in total. The first-order chi connectivity index (χ1) is 13.7. The Bertz CT molecular complexity index is 926. The van der Waals surface area contributed by atoms with Gasteiger partial charge in [0.05, 0.1) is 5.69 Å². The number of carbonyl (C=O) groups is 1. The molecular formula is C21H24N6O. The average molecular weight is 376 g/mol. The second kappa shape index (κ2) is 8.21. The van der Waals surface area contributed by atoms with Crippen molar-refractivity contribution in [2.45, 2.75) is 32.7 Å². The van der Waals surface area contributed by atoms with Gasteiger partial charge in [0.2, 0.25) is 0 Å². The number of anilines is 1. The standard InChI is InChI=1S/C21H24N6O/c1-16-23-24-25-27(16)20-11-7-18(8-12-20)21(28)22-15-17-5-9-19(10-6-17)26-13-3-2-4-14-26/h5-12H,2-4,13-15H2,1H3,(H,22,28). The maximum absolute atomic E-state index is 12.4. The monoisotopic (exact) mass is 376 g/mol. The van der Waals surface area contributed by atoms with Crippen molar-refractivity contribution in [2.24, 2.45) is 0 Å². The Hall–Kier alpha value is -3.22. The fourth-order valence-corrected chi connectivity index (χ4v) is 3.49. The highest BCUT2D eigenvalue weighted by Gasteiger charge is 2.11. The van der Waals surface area contributed by atoms with Crippen LogP contribution in [-0.2, 0) is 6.54 Å². The van der Waals surface area contributed by atoms with Crippen molar-refractivity contribution in [3.63, 3.8) is 0 Å². The Balaban J connectivity index is 1.34. The van der Waals surface area contributed by atoms with Crippen LogP contribution in [0, 0.1) is 6.92 Å². The minimum atomic E-state index is -0.0971. The molecule has 28 heavy (non-hydrogen) atoms. The quantitative estimate of drug-likeness (QED) is 0.741. The van der Waals surface area contributed by atoms with E-state index in [0.717, 1.165) is 24.3 Å². The number of piperidine rings is 1. The van der Waals surface area contributed by atoms with E-state index in [0.29, 0.717) is 17.9 Å². The zero-order valence-corrected chi connectivity index (χ0v) is 16.0. The highest BCUT2D eigenvalue weighted by molar-refractivity contribution is 5.94. The van der Waals surface area contributed by atoms with E-state index in [4.69, 9.17) is 0 Å². The largest absolute Gasteiger partial charge is 0.372 e. The van der Waals surface area contributed by atoms with Crippen LogP contribution in [0.3, 0.4) is 0 Å². The normalized spacial score (nSPS) is 14.1. The molecule has 2 heterocycles. The summed E-state index contributed by atoms with van der Waals surface area (Å²) in [5.41, 5.74) is 3.80. The summed E-state index contributed by atoms with van der Waals surface area (Å²) in [6.45, 7) is 4.61. The number of carbonyl (C=O) groups excluding carboxylic acids is 1. The van der Waals surface area contributed by atoms with E-state index in [1.807, 2.05) is 19.1 Å². The van der Waals surface area contributed by atoms with Crippen LogP contribution in [0.4, 0.5) is 5.69 Å². The van der Waals surface area contributed by atoms with E-state index in [2.05, 4.69) is 50.0 Å². The molecule has 144 valence electrons. The molecule has 1 saturated heterocycles. The molecule has 3 aromatic rings. The summed E-state index contributed by atoms with van der Waals surface area (Å²) in [5.74, 6) is 0.602.